The summed E-state index contributed by atoms with van der Waals surface area (Å²) in [5.74, 6) is -1.38. The number of benzene rings is 3. The van der Waals surface area contributed by atoms with Crippen LogP contribution in [0.15, 0.2) is 66.7 Å². The molecule has 2 aromatic heterocycles. The molecule has 246 valence electrons. The maximum atomic E-state index is 16.0. The Balaban J connectivity index is 0.00000433. The molecule has 0 bridgehead atoms. The van der Waals surface area contributed by atoms with Crippen molar-refractivity contribution in [2.24, 2.45) is 0 Å². The summed E-state index contributed by atoms with van der Waals surface area (Å²) < 4.78 is 38.0. The minimum Gasteiger partial charge on any atom is -0.486 e. The van der Waals surface area contributed by atoms with Gasteiger partial charge in [-0.25, -0.2) is 18.6 Å². The number of carboxylic acids is 1. The van der Waals surface area contributed by atoms with Gasteiger partial charge in [0.2, 0.25) is 0 Å². The highest BCUT2D eigenvalue weighted by Crippen LogP contribution is 2.40. The Morgan fingerprint density at radius 3 is 2.36 bits per heavy atom. The number of aromatic carboxylic acids is 1. The number of carbonyl (C=O) groups is 2. The Labute approximate surface area is 282 Å². The van der Waals surface area contributed by atoms with E-state index < -0.39 is 17.9 Å². The van der Waals surface area contributed by atoms with Crippen molar-refractivity contribution in [2.45, 2.75) is 71.1 Å². The molecule has 11 heteroatoms. The molecule has 7 nitrogen and oxygen atoms in total. The Hall–Kier alpha value is -4.28. The molecule has 1 amide bonds. The second-order valence-corrected chi connectivity index (χ2v) is 13.1. The van der Waals surface area contributed by atoms with E-state index in [1.807, 2.05) is 20.8 Å². The number of carboxylic acid groups (broad SMARTS) is 1. The lowest BCUT2D eigenvalue weighted by Gasteiger charge is -2.26. The van der Waals surface area contributed by atoms with Crippen molar-refractivity contribution < 1.29 is 28.2 Å². The monoisotopic (exact) mass is 679 g/mol. The number of hydrogen-bond donors (Lipinski definition) is 2. The molecule has 1 fully saturated rings. The van der Waals surface area contributed by atoms with Crippen molar-refractivity contribution in [3.63, 3.8) is 0 Å². The molecular weight excluding hydrogens is 644 g/mol. The van der Waals surface area contributed by atoms with Crippen LogP contribution in [0.2, 0.25) is 0 Å². The highest BCUT2D eigenvalue weighted by molar-refractivity contribution is 7.17. The predicted octanol–water partition coefficient (Wildman–Crippen LogP) is 9.61. The minimum atomic E-state index is -1.04. The summed E-state index contributed by atoms with van der Waals surface area (Å²) in [5, 5.41) is 12.4. The number of aromatic nitrogens is 2. The van der Waals surface area contributed by atoms with E-state index in [-0.39, 0.29) is 41.8 Å². The lowest BCUT2D eigenvalue weighted by atomic mass is 9.94. The molecule has 0 saturated heterocycles. The molecular formula is C36H36ClF2N3O4S. The summed E-state index contributed by atoms with van der Waals surface area (Å²) >= 11 is 1.29. The fourth-order valence-corrected chi connectivity index (χ4v) is 7.28. The van der Waals surface area contributed by atoms with Crippen molar-refractivity contribution in [3.05, 3.63) is 94.4 Å². The van der Waals surface area contributed by atoms with Gasteiger partial charge in [0.05, 0.1) is 27.0 Å². The molecule has 3 aromatic carbocycles. The first-order valence-corrected chi connectivity index (χ1v) is 16.3. The molecule has 5 aromatic rings. The molecule has 47 heavy (non-hydrogen) atoms. The summed E-state index contributed by atoms with van der Waals surface area (Å²) in [4.78, 5) is 30.5. The highest BCUT2D eigenvalue weighted by atomic mass is 35.5. The number of ether oxygens (including phenoxy) is 1. The predicted molar refractivity (Wildman–Crippen MR) is 183 cm³/mol. The van der Waals surface area contributed by atoms with Crippen LogP contribution in [0, 0.1) is 11.6 Å². The van der Waals surface area contributed by atoms with Crippen LogP contribution in [-0.4, -0.2) is 32.6 Å². The molecule has 1 unspecified atom stereocenters. The molecule has 1 aliphatic carbocycles. The van der Waals surface area contributed by atoms with Crippen LogP contribution in [0.5, 0.6) is 5.75 Å². The summed E-state index contributed by atoms with van der Waals surface area (Å²) in [6, 6.07) is 17.4. The van der Waals surface area contributed by atoms with E-state index >= 15 is 4.39 Å². The highest BCUT2D eigenvalue weighted by Gasteiger charge is 2.26. The number of rotatable bonds is 9. The zero-order valence-corrected chi connectivity index (χ0v) is 27.9. The van der Waals surface area contributed by atoms with Crippen molar-refractivity contribution in [1.29, 1.82) is 0 Å². The third-order valence-corrected chi connectivity index (χ3v) is 9.52. The molecule has 2 heterocycles. The number of imidazole rings is 1. The van der Waals surface area contributed by atoms with E-state index in [9.17, 15) is 19.1 Å². The molecule has 2 N–H and O–H groups in total. The largest absolute Gasteiger partial charge is 0.486 e. The van der Waals surface area contributed by atoms with Crippen LogP contribution in [0.25, 0.3) is 32.9 Å². The summed E-state index contributed by atoms with van der Waals surface area (Å²) in [5.41, 5.74) is 3.19. The van der Waals surface area contributed by atoms with E-state index in [2.05, 4.69) is 9.88 Å². The van der Waals surface area contributed by atoms with Gasteiger partial charge >= 0.3 is 5.97 Å². The first-order chi connectivity index (χ1) is 22.1. The SMILES string of the molecule is CC(C)NC(=O)c1cc(C(C)Oc2ccc(-c3nc4cc(C(=O)O)ccc4n3C3CCCCC3)c(F)c2)c(-c2ccc(F)cc2)s1.Cl. The fraction of sp³-hybridized carbons (Fsp3) is 0.306. The van der Waals surface area contributed by atoms with Crippen molar-refractivity contribution >= 4 is 46.7 Å². The van der Waals surface area contributed by atoms with Gasteiger partial charge in [-0.3, -0.25) is 4.79 Å². The molecule has 0 aliphatic heterocycles. The molecule has 1 aliphatic rings. The lowest BCUT2D eigenvalue weighted by molar-refractivity contribution is 0.0696. The second-order valence-electron chi connectivity index (χ2n) is 12.0. The number of halogens is 3. The third kappa shape index (κ3) is 7.18. The van der Waals surface area contributed by atoms with Gasteiger partial charge in [0, 0.05) is 28.6 Å². The Bertz CT molecular complexity index is 1920. The summed E-state index contributed by atoms with van der Waals surface area (Å²) in [6.45, 7) is 5.59. The number of amides is 1. The molecule has 0 radical (unpaired) electrons. The van der Waals surface area contributed by atoms with E-state index in [1.165, 1.54) is 35.6 Å². The lowest BCUT2D eigenvalue weighted by Crippen LogP contribution is -2.29. The van der Waals surface area contributed by atoms with E-state index in [0.717, 1.165) is 53.6 Å². The zero-order valence-electron chi connectivity index (χ0n) is 26.3. The normalized spacial score (nSPS) is 14.2. The zero-order chi connectivity index (χ0) is 32.5. The van der Waals surface area contributed by atoms with Crippen LogP contribution < -0.4 is 10.1 Å². The fourth-order valence-electron chi connectivity index (χ4n) is 6.13. The summed E-state index contributed by atoms with van der Waals surface area (Å²) in [7, 11) is 0. The van der Waals surface area contributed by atoms with Gasteiger partial charge in [-0.2, -0.15) is 0 Å². The van der Waals surface area contributed by atoms with Gasteiger partial charge in [-0.15, -0.1) is 23.7 Å². The van der Waals surface area contributed by atoms with E-state index in [1.54, 1.807) is 42.5 Å². The molecule has 1 saturated carbocycles. The van der Waals surface area contributed by atoms with Crippen LogP contribution in [0.1, 0.15) is 90.6 Å². The van der Waals surface area contributed by atoms with Crippen LogP contribution in [0.4, 0.5) is 8.78 Å². The second kappa shape index (κ2) is 14.2. The van der Waals surface area contributed by atoms with Gasteiger partial charge in [-0.1, -0.05) is 31.4 Å². The van der Waals surface area contributed by atoms with E-state index in [0.29, 0.717) is 27.5 Å². The maximum absolute atomic E-state index is 16.0. The van der Waals surface area contributed by atoms with Gasteiger partial charge in [0.25, 0.3) is 5.91 Å². The number of hydrogen-bond acceptors (Lipinski definition) is 5. The number of thiophene rings is 1. The Morgan fingerprint density at radius 1 is 0.979 bits per heavy atom. The minimum absolute atomic E-state index is 0. The number of carbonyl (C=O) groups excluding carboxylic acids is 1. The first-order valence-electron chi connectivity index (χ1n) is 15.5. The number of nitrogens with one attached hydrogen (secondary N) is 1. The van der Waals surface area contributed by atoms with Crippen molar-refractivity contribution in [1.82, 2.24) is 14.9 Å². The average Bonchev–Trinajstić information content (AvgIpc) is 3.64. The standard InChI is InChI=1S/C36H35F2N3O4S.ClH/c1-20(2)39-35(42)32-19-28(33(46-32)22-9-12-24(37)13-10-22)21(3)45-26-14-15-27(29(38)18-26)34-40-30-17-23(36(43)44)11-16-31(30)41(34)25-7-5-4-6-8-25;/h9-21,25H,4-8H2,1-3H3,(H,39,42)(H,43,44);1H. The van der Waals surface area contributed by atoms with Crippen LogP contribution in [-0.2, 0) is 0 Å². The van der Waals surface area contributed by atoms with Gasteiger partial charge in [0.15, 0.2) is 0 Å². The Kier molecular flexibility index (Phi) is 10.3. The van der Waals surface area contributed by atoms with Crippen molar-refractivity contribution in [2.75, 3.05) is 0 Å². The first kappa shape index (κ1) is 34.1. The molecule has 6 rings (SSSR count). The third-order valence-electron chi connectivity index (χ3n) is 8.32. The number of nitrogens with zero attached hydrogens (tertiary/aromatic N) is 2. The summed E-state index contributed by atoms with van der Waals surface area (Å²) in [6.07, 6.45) is 4.59. The average molecular weight is 680 g/mol. The van der Waals surface area contributed by atoms with Gasteiger partial charge in [0.1, 0.15) is 29.3 Å². The smallest absolute Gasteiger partial charge is 0.335 e. The van der Waals surface area contributed by atoms with Gasteiger partial charge in [-0.05, 0) is 87.7 Å². The number of fused-ring (bicyclic) bond motifs is 1. The molecule has 0 spiro atoms. The van der Waals surface area contributed by atoms with Crippen molar-refractivity contribution in [3.8, 4) is 27.6 Å². The van der Waals surface area contributed by atoms with Gasteiger partial charge < -0.3 is 19.7 Å². The van der Waals surface area contributed by atoms with E-state index in [4.69, 9.17) is 9.72 Å². The molecule has 1 atom stereocenters. The maximum Gasteiger partial charge on any atom is 0.335 e. The quantitative estimate of drug-likeness (QED) is 0.162. The topological polar surface area (TPSA) is 93.4 Å². The van der Waals surface area contributed by atoms with Crippen LogP contribution >= 0.6 is 23.7 Å². The Morgan fingerprint density at radius 2 is 1.70 bits per heavy atom. The van der Waals surface area contributed by atoms with Crippen LogP contribution in [0.3, 0.4) is 0 Å².